The van der Waals surface area contributed by atoms with E-state index in [0.29, 0.717) is 11.3 Å². The first-order valence-corrected chi connectivity index (χ1v) is 13.6. The fourth-order valence-corrected chi connectivity index (χ4v) is 6.35. The smallest absolute Gasteiger partial charge is 0.331 e. The average Bonchev–Trinajstić information content (AvgIpc) is 3.30. The molecule has 0 unspecified atom stereocenters. The lowest BCUT2D eigenvalue weighted by atomic mass is 9.69. The van der Waals surface area contributed by atoms with E-state index in [0.717, 1.165) is 17.3 Å². The Bertz CT molecular complexity index is 1440. The lowest BCUT2D eigenvalue weighted by Gasteiger charge is -2.31. The highest BCUT2D eigenvalue weighted by Crippen LogP contribution is 2.59. The van der Waals surface area contributed by atoms with Crippen molar-refractivity contribution >= 4 is 45.9 Å². The van der Waals surface area contributed by atoms with E-state index >= 15 is 0 Å². The lowest BCUT2D eigenvalue weighted by molar-refractivity contribution is -0.384. The Morgan fingerprint density at radius 1 is 0.900 bits per heavy atom. The number of nitrogens with zero attached hydrogens (tertiary/aromatic N) is 2. The van der Waals surface area contributed by atoms with Crippen LogP contribution in [-0.4, -0.2) is 40.9 Å². The maximum atomic E-state index is 14.3. The van der Waals surface area contributed by atoms with Crippen LogP contribution in [0.2, 0.25) is 0 Å². The number of hydrogen-bond donors (Lipinski definition) is 0. The molecule has 0 aromatic heterocycles. The molecule has 3 aromatic rings. The van der Waals surface area contributed by atoms with Crippen LogP contribution in [0.15, 0.2) is 83.9 Å². The number of hydrogen-bond acceptors (Lipinski definition) is 9. The lowest BCUT2D eigenvalue weighted by Crippen LogP contribution is -2.52. The number of aliphatic imine (C=N–C) groups is 1. The minimum absolute atomic E-state index is 0.0449. The maximum absolute atomic E-state index is 14.3. The Labute approximate surface area is 235 Å². The van der Waals surface area contributed by atoms with Crippen LogP contribution in [0.5, 0.6) is 0 Å². The molecule has 0 radical (unpaired) electrons. The Morgan fingerprint density at radius 3 is 2.02 bits per heavy atom. The van der Waals surface area contributed by atoms with E-state index in [1.54, 1.807) is 56.3 Å². The number of aryl methyl sites for hydroxylation is 1. The summed E-state index contributed by atoms with van der Waals surface area (Å²) >= 11 is 1.09. The summed E-state index contributed by atoms with van der Waals surface area (Å²) in [6.45, 7) is 4.97. The molecule has 1 heterocycles. The Balaban J connectivity index is 2.04. The third kappa shape index (κ3) is 5.27. The molecular formula is C30H28N2O7S. The number of benzene rings is 3. The first-order valence-electron chi connectivity index (χ1n) is 12.7. The van der Waals surface area contributed by atoms with E-state index in [2.05, 4.69) is 0 Å². The number of carbonyl (C=O) groups is 3. The molecule has 3 aromatic carbocycles. The summed E-state index contributed by atoms with van der Waals surface area (Å²) in [5.74, 6) is -3.67. The largest absolute Gasteiger partial charge is 0.465 e. The second-order valence-electron chi connectivity index (χ2n) is 9.05. The van der Waals surface area contributed by atoms with Gasteiger partial charge in [0.15, 0.2) is 5.78 Å². The zero-order valence-corrected chi connectivity index (χ0v) is 23.1. The normalized spacial score (nSPS) is 18.7. The van der Waals surface area contributed by atoms with Crippen LogP contribution in [0.3, 0.4) is 0 Å². The molecule has 0 N–H and O–H groups in total. The quantitative estimate of drug-likeness (QED) is 0.102. The topological polar surface area (TPSA) is 125 Å². The van der Waals surface area contributed by atoms with E-state index < -0.39 is 39.2 Å². The number of ketones is 1. The van der Waals surface area contributed by atoms with E-state index in [1.165, 1.54) is 24.3 Å². The zero-order valence-electron chi connectivity index (χ0n) is 22.2. The molecule has 1 aliphatic rings. The summed E-state index contributed by atoms with van der Waals surface area (Å²) in [7, 11) is 0. The molecule has 9 nitrogen and oxygen atoms in total. The molecule has 0 bridgehead atoms. The standard InChI is InChI=1S/C30H28N2O7S/c1-4-38-28(34)30(29(35)39-5-2)24(25(33)20-12-7-6-8-13-20)26(21-15-17-22(18-16-21)32(36)37)40-27(30)31-23-14-10-9-11-19(23)3/h6-18,24,26H,4-5H2,1-3H3/t24-,26-/m1/s1. The van der Waals surface area contributed by atoms with Gasteiger partial charge in [-0.3, -0.25) is 24.5 Å². The van der Waals surface area contributed by atoms with Crippen LogP contribution in [0.1, 0.15) is 40.6 Å². The number of ether oxygens (including phenoxy) is 2. The molecule has 0 spiro atoms. The van der Waals surface area contributed by atoms with Crippen molar-refractivity contribution in [2.24, 2.45) is 16.3 Å². The van der Waals surface area contributed by atoms with Crippen molar-refractivity contribution in [2.75, 3.05) is 13.2 Å². The number of nitro groups is 1. The highest BCUT2D eigenvalue weighted by molar-refractivity contribution is 8.14. The molecule has 4 rings (SSSR count). The second-order valence-corrected chi connectivity index (χ2v) is 10.2. The predicted octanol–water partition coefficient (Wildman–Crippen LogP) is 6.03. The summed E-state index contributed by atoms with van der Waals surface area (Å²) in [6.07, 6.45) is 0. The number of non-ortho nitro benzene ring substituents is 1. The fraction of sp³-hybridized carbons (Fsp3) is 0.267. The number of Topliss-reactive ketones (excluding diaryl/α,β-unsaturated/α-hetero) is 1. The summed E-state index contributed by atoms with van der Waals surface area (Å²) in [5, 5.41) is 10.6. The Kier molecular flexibility index (Phi) is 8.79. The van der Waals surface area contributed by atoms with E-state index in [4.69, 9.17) is 14.5 Å². The van der Waals surface area contributed by atoms with Crippen molar-refractivity contribution in [3.63, 3.8) is 0 Å². The van der Waals surface area contributed by atoms with Crippen LogP contribution in [0.4, 0.5) is 11.4 Å². The van der Waals surface area contributed by atoms with E-state index in [-0.39, 0.29) is 29.5 Å². The average molecular weight is 561 g/mol. The summed E-state index contributed by atoms with van der Waals surface area (Å²) < 4.78 is 10.9. The van der Waals surface area contributed by atoms with Gasteiger partial charge in [0.1, 0.15) is 5.04 Å². The number of thioether (sulfide) groups is 1. The van der Waals surface area contributed by atoms with Crippen LogP contribution in [-0.2, 0) is 19.1 Å². The summed E-state index contributed by atoms with van der Waals surface area (Å²) in [4.78, 5) is 57.8. The van der Waals surface area contributed by atoms with Gasteiger partial charge in [-0.15, -0.1) is 0 Å². The Hall–Kier alpha value is -4.31. The molecule has 1 aliphatic heterocycles. The molecular weight excluding hydrogens is 532 g/mol. The highest BCUT2D eigenvalue weighted by atomic mass is 32.2. The minimum atomic E-state index is -2.21. The number of para-hydroxylation sites is 1. The monoisotopic (exact) mass is 560 g/mol. The second kappa shape index (κ2) is 12.3. The van der Waals surface area contributed by atoms with Gasteiger partial charge in [-0.2, -0.15) is 0 Å². The van der Waals surface area contributed by atoms with Crippen molar-refractivity contribution in [1.82, 2.24) is 0 Å². The van der Waals surface area contributed by atoms with Gasteiger partial charge in [0.25, 0.3) is 5.69 Å². The van der Waals surface area contributed by atoms with Crippen LogP contribution < -0.4 is 0 Å². The zero-order chi connectivity index (χ0) is 28.9. The number of carbonyl (C=O) groups excluding carboxylic acids is 3. The van der Waals surface area contributed by atoms with Gasteiger partial charge in [0.2, 0.25) is 5.41 Å². The van der Waals surface area contributed by atoms with Crippen molar-refractivity contribution in [1.29, 1.82) is 0 Å². The molecule has 1 saturated heterocycles. The van der Waals surface area contributed by atoms with Crippen molar-refractivity contribution in [3.8, 4) is 0 Å². The molecule has 2 atom stereocenters. The first-order chi connectivity index (χ1) is 19.2. The third-order valence-corrected chi connectivity index (χ3v) is 8.09. The number of esters is 2. The van der Waals surface area contributed by atoms with Crippen molar-refractivity contribution < 1.29 is 28.8 Å². The molecule has 0 amide bonds. The van der Waals surface area contributed by atoms with Crippen molar-refractivity contribution in [2.45, 2.75) is 26.0 Å². The van der Waals surface area contributed by atoms with Gasteiger partial charge >= 0.3 is 11.9 Å². The summed E-state index contributed by atoms with van der Waals surface area (Å²) in [5.41, 5.74) is -0.236. The van der Waals surface area contributed by atoms with Gasteiger partial charge in [-0.1, -0.05) is 72.4 Å². The SMILES string of the molecule is CCOC(=O)C1(C(=O)OCC)C(=Nc2ccccc2C)S[C@H](c2ccc([N+](=O)[O-])cc2)[C@H]1C(=O)c1ccccc1. The van der Waals surface area contributed by atoms with Crippen LogP contribution in [0.25, 0.3) is 0 Å². The molecule has 0 aliphatic carbocycles. The Morgan fingerprint density at radius 2 is 1.48 bits per heavy atom. The third-order valence-electron chi connectivity index (χ3n) is 6.65. The molecule has 1 fully saturated rings. The summed E-state index contributed by atoms with van der Waals surface area (Å²) in [6, 6.07) is 21.3. The maximum Gasteiger partial charge on any atom is 0.331 e. The molecule has 0 saturated carbocycles. The van der Waals surface area contributed by atoms with E-state index in [1.807, 2.05) is 19.1 Å². The highest BCUT2D eigenvalue weighted by Gasteiger charge is 2.68. The molecule has 10 heteroatoms. The molecule has 40 heavy (non-hydrogen) atoms. The van der Waals surface area contributed by atoms with Crippen molar-refractivity contribution in [3.05, 3.63) is 106 Å². The number of rotatable bonds is 9. The predicted molar refractivity (Wildman–Crippen MR) is 152 cm³/mol. The van der Waals surface area contributed by atoms with Crippen LogP contribution in [0, 0.1) is 28.4 Å². The van der Waals surface area contributed by atoms with Gasteiger partial charge in [-0.05, 0) is 38.0 Å². The van der Waals surface area contributed by atoms with Gasteiger partial charge < -0.3 is 9.47 Å². The fourth-order valence-electron chi connectivity index (χ4n) is 4.72. The minimum Gasteiger partial charge on any atom is -0.465 e. The number of nitro benzene ring substituents is 1. The van der Waals surface area contributed by atoms with Gasteiger partial charge in [0.05, 0.1) is 29.7 Å². The van der Waals surface area contributed by atoms with E-state index in [9.17, 15) is 24.5 Å². The van der Waals surface area contributed by atoms with Gasteiger partial charge in [-0.25, -0.2) is 4.99 Å². The first kappa shape index (κ1) is 28.7. The van der Waals surface area contributed by atoms with Crippen LogP contribution >= 0.6 is 11.8 Å². The molecule has 206 valence electrons. The van der Waals surface area contributed by atoms with Gasteiger partial charge in [0, 0.05) is 22.9 Å².